The highest BCUT2D eigenvalue weighted by atomic mass is 32.2. The SMILES string of the molecule is Cc1ccc(N(CC(=O)Nc2ccc(-c3cocn3)cc2)C(=O)C2CCSCC2)c(C)c1F. The normalized spacial score (nSPS) is 14.2. The van der Waals surface area contributed by atoms with Gasteiger partial charge in [-0.1, -0.05) is 18.2 Å². The van der Waals surface area contributed by atoms with Crippen LogP contribution in [0.4, 0.5) is 15.8 Å². The topological polar surface area (TPSA) is 75.4 Å². The fraction of sp³-hybridized carbons (Fsp3) is 0.320. The molecule has 6 nitrogen and oxygen atoms in total. The van der Waals surface area contributed by atoms with Crippen molar-refractivity contribution in [2.75, 3.05) is 28.3 Å². The van der Waals surface area contributed by atoms with Gasteiger partial charge >= 0.3 is 0 Å². The fourth-order valence-electron chi connectivity index (χ4n) is 3.97. The number of carbonyl (C=O) groups is 2. The molecule has 2 heterocycles. The maximum atomic E-state index is 14.6. The molecule has 0 aliphatic carbocycles. The average Bonchev–Trinajstić information content (AvgIpc) is 3.37. The lowest BCUT2D eigenvalue weighted by atomic mass is 9.99. The van der Waals surface area contributed by atoms with E-state index in [-0.39, 0.29) is 30.1 Å². The van der Waals surface area contributed by atoms with Crippen molar-refractivity contribution in [3.63, 3.8) is 0 Å². The Morgan fingerprint density at radius 3 is 2.55 bits per heavy atom. The lowest BCUT2D eigenvalue weighted by Crippen LogP contribution is -2.43. The molecule has 1 aliphatic heterocycles. The number of hydrogen-bond donors (Lipinski definition) is 1. The van der Waals surface area contributed by atoms with Crippen LogP contribution in [0.5, 0.6) is 0 Å². The summed E-state index contributed by atoms with van der Waals surface area (Å²) in [4.78, 5) is 31.9. The van der Waals surface area contributed by atoms with Crippen molar-refractivity contribution in [3.8, 4) is 11.3 Å². The van der Waals surface area contributed by atoms with Gasteiger partial charge in [-0.3, -0.25) is 9.59 Å². The van der Waals surface area contributed by atoms with Crippen molar-refractivity contribution in [2.45, 2.75) is 26.7 Å². The highest BCUT2D eigenvalue weighted by molar-refractivity contribution is 7.99. The number of thioether (sulfide) groups is 1. The Labute approximate surface area is 196 Å². The molecule has 172 valence electrons. The van der Waals surface area contributed by atoms with E-state index in [1.165, 1.54) is 11.3 Å². The van der Waals surface area contributed by atoms with Crippen molar-refractivity contribution in [3.05, 3.63) is 66.0 Å². The Balaban J connectivity index is 1.53. The zero-order valence-corrected chi connectivity index (χ0v) is 19.5. The summed E-state index contributed by atoms with van der Waals surface area (Å²) in [5.74, 6) is 0.838. The molecule has 2 aromatic carbocycles. The number of halogens is 1. The second-order valence-corrected chi connectivity index (χ2v) is 9.38. The number of nitrogens with one attached hydrogen (secondary N) is 1. The van der Waals surface area contributed by atoms with Crippen LogP contribution < -0.4 is 10.2 Å². The van der Waals surface area contributed by atoms with E-state index < -0.39 is 0 Å². The standard InChI is InChI=1S/C25H26FN3O3S/c1-16-3-8-22(17(2)24(16)26)29(25(31)19-9-11-33-12-10-19)13-23(30)28-20-6-4-18(5-7-20)21-14-32-15-27-21/h3-8,14-15,19H,9-13H2,1-2H3,(H,28,30). The van der Waals surface area contributed by atoms with Crippen molar-refractivity contribution in [1.82, 2.24) is 4.98 Å². The smallest absolute Gasteiger partial charge is 0.244 e. The van der Waals surface area contributed by atoms with E-state index in [4.69, 9.17) is 4.42 Å². The highest BCUT2D eigenvalue weighted by Gasteiger charge is 2.30. The van der Waals surface area contributed by atoms with Gasteiger partial charge < -0.3 is 14.6 Å². The summed E-state index contributed by atoms with van der Waals surface area (Å²) in [6, 6.07) is 10.6. The van der Waals surface area contributed by atoms with Crippen LogP contribution in [0.25, 0.3) is 11.3 Å². The lowest BCUT2D eigenvalue weighted by Gasteiger charge is -2.30. The maximum absolute atomic E-state index is 14.6. The summed E-state index contributed by atoms with van der Waals surface area (Å²) in [6.45, 7) is 3.15. The van der Waals surface area contributed by atoms with Crippen LogP contribution in [0.15, 0.2) is 53.5 Å². The van der Waals surface area contributed by atoms with E-state index in [9.17, 15) is 14.0 Å². The second-order valence-electron chi connectivity index (χ2n) is 8.15. The summed E-state index contributed by atoms with van der Waals surface area (Å²) in [5.41, 5.74) is 3.48. The minimum absolute atomic E-state index is 0.127. The van der Waals surface area contributed by atoms with Gasteiger partial charge in [0.25, 0.3) is 0 Å². The number of aromatic nitrogens is 1. The molecule has 0 bridgehead atoms. The van der Waals surface area contributed by atoms with Crippen molar-refractivity contribution < 1.29 is 18.4 Å². The van der Waals surface area contributed by atoms with Gasteiger partial charge in [0, 0.05) is 22.7 Å². The highest BCUT2D eigenvalue weighted by Crippen LogP contribution is 2.30. The molecule has 4 rings (SSSR count). The van der Waals surface area contributed by atoms with E-state index >= 15 is 0 Å². The van der Waals surface area contributed by atoms with Crippen LogP contribution >= 0.6 is 11.8 Å². The number of hydrogen-bond acceptors (Lipinski definition) is 5. The minimum Gasteiger partial charge on any atom is -0.451 e. The molecule has 0 atom stereocenters. The van der Waals surface area contributed by atoms with E-state index in [0.717, 1.165) is 29.9 Å². The third-order valence-corrected chi connectivity index (χ3v) is 6.93. The Bertz CT molecular complexity index is 1130. The third-order valence-electron chi connectivity index (χ3n) is 5.88. The first-order valence-corrected chi connectivity index (χ1v) is 12.0. The first-order valence-electron chi connectivity index (χ1n) is 10.9. The number of oxazole rings is 1. The number of amides is 2. The van der Waals surface area contributed by atoms with Gasteiger partial charge in [-0.2, -0.15) is 11.8 Å². The van der Waals surface area contributed by atoms with Gasteiger partial charge in [0.2, 0.25) is 11.8 Å². The molecule has 1 N–H and O–H groups in total. The van der Waals surface area contributed by atoms with E-state index in [1.54, 1.807) is 44.4 Å². The number of nitrogens with zero attached hydrogens (tertiary/aromatic N) is 2. The summed E-state index contributed by atoms with van der Waals surface area (Å²) in [5, 5.41) is 2.84. The number of anilines is 2. The molecule has 8 heteroatoms. The molecular formula is C25H26FN3O3S. The molecule has 1 aliphatic rings. The van der Waals surface area contributed by atoms with E-state index in [2.05, 4.69) is 10.3 Å². The number of aryl methyl sites for hydroxylation is 1. The van der Waals surface area contributed by atoms with Gasteiger partial charge in [0.15, 0.2) is 6.39 Å². The van der Waals surface area contributed by atoms with Crippen LogP contribution in [0, 0.1) is 25.6 Å². The Morgan fingerprint density at radius 1 is 1.15 bits per heavy atom. The molecule has 3 aromatic rings. The first-order chi connectivity index (χ1) is 15.9. The van der Waals surface area contributed by atoms with Crippen LogP contribution in [0.2, 0.25) is 0 Å². The van der Waals surface area contributed by atoms with Gasteiger partial charge in [-0.05, 0) is 62.0 Å². The molecule has 0 radical (unpaired) electrons. The molecule has 1 aromatic heterocycles. The molecule has 0 saturated carbocycles. The maximum Gasteiger partial charge on any atom is 0.244 e. The summed E-state index contributed by atoms with van der Waals surface area (Å²) in [7, 11) is 0. The van der Waals surface area contributed by atoms with Crippen molar-refractivity contribution >= 4 is 35.0 Å². The van der Waals surface area contributed by atoms with E-state index in [1.807, 2.05) is 23.9 Å². The van der Waals surface area contributed by atoms with Crippen LogP contribution in [-0.4, -0.2) is 34.8 Å². The van der Waals surface area contributed by atoms with Gasteiger partial charge in [0.1, 0.15) is 24.3 Å². The van der Waals surface area contributed by atoms with Crippen LogP contribution in [0.3, 0.4) is 0 Å². The van der Waals surface area contributed by atoms with Crippen LogP contribution in [0.1, 0.15) is 24.0 Å². The third kappa shape index (κ3) is 5.27. The molecule has 2 amide bonds. The van der Waals surface area contributed by atoms with Crippen LogP contribution in [-0.2, 0) is 9.59 Å². The average molecular weight is 468 g/mol. The van der Waals surface area contributed by atoms with E-state index in [0.29, 0.717) is 28.2 Å². The second kappa shape index (κ2) is 10.2. The molecular weight excluding hydrogens is 441 g/mol. The minimum atomic E-state index is -0.353. The lowest BCUT2D eigenvalue weighted by molar-refractivity contribution is -0.124. The monoisotopic (exact) mass is 467 g/mol. The zero-order chi connectivity index (χ0) is 23.4. The summed E-state index contributed by atoms with van der Waals surface area (Å²) >= 11 is 1.83. The number of benzene rings is 2. The number of rotatable bonds is 6. The first kappa shape index (κ1) is 23.0. The Hall–Kier alpha value is -3.13. The van der Waals surface area contributed by atoms with Crippen molar-refractivity contribution in [1.29, 1.82) is 0 Å². The molecule has 0 spiro atoms. The predicted molar refractivity (Wildman–Crippen MR) is 129 cm³/mol. The van der Waals surface area contributed by atoms with Crippen molar-refractivity contribution in [2.24, 2.45) is 5.92 Å². The van der Waals surface area contributed by atoms with Gasteiger partial charge in [-0.25, -0.2) is 9.37 Å². The van der Waals surface area contributed by atoms with Gasteiger partial charge in [0.05, 0.1) is 5.69 Å². The van der Waals surface area contributed by atoms with Gasteiger partial charge in [-0.15, -0.1) is 0 Å². The Morgan fingerprint density at radius 2 is 1.88 bits per heavy atom. The largest absolute Gasteiger partial charge is 0.451 e. The summed E-state index contributed by atoms with van der Waals surface area (Å²) in [6.07, 6.45) is 4.43. The fourth-order valence-corrected chi connectivity index (χ4v) is 5.08. The predicted octanol–water partition coefficient (Wildman–Crippen LogP) is 5.21. The number of carbonyl (C=O) groups excluding carboxylic acids is 2. The molecule has 33 heavy (non-hydrogen) atoms. The Kier molecular flexibility index (Phi) is 7.13. The molecule has 0 unspecified atom stereocenters. The summed E-state index contributed by atoms with van der Waals surface area (Å²) < 4.78 is 19.6. The zero-order valence-electron chi connectivity index (χ0n) is 18.6. The molecule has 1 fully saturated rings. The quantitative estimate of drug-likeness (QED) is 0.538. The molecule has 1 saturated heterocycles.